The number of thiocarbonyl (C=S) groups is 1. The first-order valence-electron chi connectivity index (χ1n) is 7.86. The molecule has 0 heterocycles. The molecule has 1 rings (SSSR count). The van der Waals surface area contributed by atoms with Gasteiger partial charge in [0, 0.05) is 24.9 Å². The van der Waals surface area contributed by atoms with Crippen molar-refractivity contribution in [2.75, 3.05) is 13.1 Å². The van der Waals surface area contributed by atoms with E-state index in [1.54, 1.807) is 6.20 Å². The average Bonchev–Trinajstić information content (AvgIpc) is 2.59. The van der Waals surface area contributed by atoms with Gasteiger partial charge < -0.3 is 10.2 Å². The maximum absolute atomic E-state index is 5.33. The van der Waals surface area contributed by atoms with Crippen LogP contribution in [0.3, 0.4) is 0 Å². The van der Waals surface area contributed by atoms with Crippen molar-refractivity contribution >= 4 is 23.2 Å². The molecule has 0 atom stereocenters. The van der Waals surface area contributed by atoms with Crippen molar-refractivity contribution in [3.05, 3.63) is 72.5 Å². The molecule has 0 aliphatic rings. The van der Waals surface area contributed by atoms with Crippen molar-refractivity contribution in [3.8, 4) is 0 Å². The SMILES string of the molecule is C\C=C/C=C/C=C/NC(=S)N=C(c1ccccc1)N(CC)CC. The Labute approximate surface area is 145 Å². The van der Waals surface area contributed by atoms with E-state index in [-0.39, 0.29) is 0 Å². The van der Waals surface area contributed by atoms with E-state index in [1.165, 1.54) is 0 Å². The van der Waals surface area contributed by atoms with Crippen LogP contribution in [-0.2, 0) is 0 Å². The van der Waals surface area contributed by atoms with Crippen molar-refractivity contribution in [2.45, 2.75) is 20.8 Å². The van der Waals surface area contributed by atoms with Crippen LogP contribution in [0.2, 0.25) is 0 Å². The highest BCUT2D eigenvalue weighted by molar-refractivity contribution is 7.80. The largest absolute Gasteiger partial charge is 0.357 e. The van der Waals surface area contributed by atoms with E-state index in [0.29, 0.717) is 5.11 Å². The zero-order chi connectivity index (χ0) is 16.9. The Hall–Kier alpha value is -2.20. The lowest BCUT2D eigenvalue weighted by atomic mass is 10.2. The smallest absolute Gasteiger partial charge is 0.198 e. The molecule has 122 valence electrons. The van der Waals surface area contributed by atoms with Gasteiger partial charge in [0.25, 0.3) is 0 Å². The van der Waals surface area contributed by atoms with Gasteiger partial charge in [-0.15, -0.1) is 0 Å². The van der Waals surface area contributed by atoms with Crippen molar-refractivity contribution in [1.29, 1.82) is 0 Å². The Kier molecular flexibility index (Phi) is 9.32. The first kappa shape index (κ1) is 18.8. The summed E-state index contributed by atoms with van der Waals surface area (Å²) in [4.78, 5) is 6.79. The number of rotatable bonds is 6. The molecule has 1 aromatic carbocycles. The molecule has 3 nitrogen and oxygen atoms in total. The van der Waals surface area contributed by atoms with E-state index in [9.17, 15) is 0 Å². The fourth-order valence-corrected chi connectivity index (χ4v) is 2.13. The molecule has 0 aliphatic carbocycles. The summed E-state index contributed by atoms with van der Waals surface area (Å²) >= 11 is 5.33. The molecule has 23 heavy (non-hydrogen) atoms. The molecule has 0 radical (unpaired) electrons. The van der Waals surface area contributed by atoms with Gasteiger partial charge in [-0.2, -0.15) is 0 Å². The lowest BCUT2D eigenvalue weighted by Crippen LogP contribution is -2.33. The molecular weight excluding hydrogens is 302 g/mol. The summed E-state index contributed by atoms with van der Waals surface area (Å²) in [5, 5.41) is 3.47. The quantitative estimate of drug-likeness (QED) is 0.365. The predicted molar refractivity (Wildman–Crippen MR) is 105 cm³/mol. The molecular formula is C19H25N3S. The van der Waals surface area contributed by atoms with Gasteiger partial charge in [0.05, 0.1) is 0 Å². The minimum absolute atomic E-state index is 0.450. The molecule has 1 N–H and O–H groups in total. The van der Waals surface area contributed by atoms with Gasteiger partial charge >= 0.3 is 0 Å². The van der Waals surface area contributed by atoms with E-state index in [1.807, 2.05) is 55.5 Å². The van der Waals surface area contributed by atoms with Crippen molar-refractivity contribution in [1.82, 2.24) is 10.2 Å². The van der Waals surface area contributed by atoms with E-state index < -0.39 is 0 Å². The lowest BCUT2D eigenvalue weighted by Gasteiger charge is -2.23. The number of hydrogen-bond acceptors (Lipinski definition) is 1. The summed E-state index contributed by atoms with van der Waals surface area (Å²) in [6, 6.07) is 10.1. The standard InChI is InChI=1S/C19H25N3S/c1-4-7-8-9-13-16-20-19(23)21-18(22(5-2)6-3)17-14-11-10-12-15-17/h4,7-16H,5-6H2,1-3H3,(H,20,23)/b7-4-,9-8+,16-13+,21-18?. The van der Waals surface area contributed by atoms with Crippen LogP contribution in [0.25, 0.3) is 0 Å². The number of aliphatic imine (C=N–C) groups is 1. The van der Waals surface area contributed by atoms with Crippen LogP contribution in [0.1, 0.15) is 26.3 Å². The van der Waals surface area contributed by atoms with Crippen LogP contribution in [0.15, 0.2) is 71.9 Å². The second-order valence-electron chi connectivity index (χ2n) is 4.69. The Morgan fingerprint density at radius 2 is 1.74 bits per heavy atom. The Balaban J connectivity index is 2.85. The van der Waals surface area contributed by atoms with Gasteiger partial charge in [-0.25, -0.2) is 4.99 Å². The minimum atomic E-state index is 0.450. The van der Waals surface area contributed by atoms with Crippen molar-refractivity contribution in [2.24, 2.45) is 4.99 Å². The van der Waals surface area contributed by atoms with Gasteiger partial charge in [0.1, 0.15) is 5.84 Å². The van der Waals surface area contributed by atoms with Crippen molar-refractivity contribution in [3.63, 3.8) is 0 Å². The fraction of sp³-hybridized carbons (Fsp3) is 0.263. The van der Waals surface area contributed by atoms with Gasteiger partial charge in [0.15, 0.2) is 5.11 Å². The number of nitrogens with one attached hydrogen (secondary N) is 1. The molecule has 0 unspecified atom stereocenters. The van der Waals surface area contributed by atoms with Crippen LogP contribution in [0, 0.1) is 0 Å². The molecule has 0 spiro atoms. The molecule has 0 aromatic heterocycles. The summed E-state index contributed by atoms with van der Waals surface area (Å²) in [5.74, 6) is 0.894. The summed E-state index contributed by atoms with van der Waals surface area (Å²) in [5.41, 5.74) is 1.07. The second kappa shape index (κ2) is 11.4. The van der Waals surface area contributed by atoms with E-state index in [0.717, 1.165) is 24.5 Å². The third-order valence-electron chi connectivity index (χ3n) is 3.13. The molecule has 1 aromatic rings. The lowest BCUT2D eigenvalue weighted by molar-refractivity contribution is 0.467. The number of benzene rings is 1. The molecule has 0 amide bonds. The highest BCUT2D eigenvalue weighted by atomic mass is 32.1. The van der Waals surface area contributed by atoms with Crippen LogP contribution in [0.5, 0.6) is 0 Å². The van der Waals surface area contributed by atoms with Crippen LogP contribution in [0.4, 0.5) is 0 Å². The normalized spacial score (nSPS) is 12.4. The van der Waals surface area contributed by atoms with Crippen LogP contribution in [-0.4, -0.2) is 28.9 Å². The topological polar surface area (TPSA) is 27.6 Å². The monoisotopic (exact) mass is 327 g/mol. The van der Waals surface area contributed by atoms with E-state index >= 15 is 0 Å². The van der Waals surface area contributed by atoms with Crippen LogP contribution >= 0.6 is 12.2 Å². The molecule has 0 aliphatic heterocycles. The van der Waals surface area contributed by atoms with Gasteiger partial charge in [-0.1, -0.05) is 54.6 Å². The van der Waals surface area contributed by atoms with Gasteiger partial charge in [-0.05, 0) is 39.1 Å². The first-order chi connectivity index (χ1) is 11.2. The Morgan fingerprint density at radius 1 is 1.09 bits per heavy atom. The zero-order valence-corrected chi connectivity index (χ0v) is 14.9. The van der Waals surface area contributed by atoms with Crippen molar-refractivity contribution < 1.29 is 0 Å². The second-order valence-corrected chi connectivity index (χ2v) is 5.08. The summed E-state index contributed by atoms with van der Waals surface area (Å²) in [6.07, 6.45) is 11.5. The van der Waals surface area contributed by atoms with E-state index in [4.69, 9.17) is 12.2 Å². The highest BCUT2D eigenvalue weighted by Gasteiger charge is 2.10. The van der Waals surface area contributed by atoms with Crippen LogP contribution < -0.4 is 5.32 Å². The Bertz CT molecular complexity index is 582. The minimum Gasteiger partial charge on any atom is -0.357 e. The van der Waals surface area contributed by atoms with Gasteiger partial charge in [-0.3, -0.25) is 0 Å². The van der Waals surface area contributed by atoms with Gasteiger partial charge in [0.2, 0.25) is 0 Å². The molecule has 0 saturated carbocycles. The molecule has 0 fully saturated rings. The Morgan fingerprint density at radius 3 is 2.35 bits per heavy atom. The summed E-state index contributed by atoms with van der Waals surface area (Å²) in [6.45, 7) is 7.98. The molecule has 4 heteroatoms. The first-order valence-corrected chi connectivity index (χ1v) is 8.27. The maximum Gasteiger partial charge on any atom is 0.198 e. The number of hydrogen-bond donors (Lipinski definition) is 1. The number of allylic oxidation sites excluding steroid dienone is 5. The number of nitrogens with zero attached hydrogens (tertiary/aromatic N) is 2. The average molecular weight is 327 g/mol. The van der Waals surface area contributed by atoms with E-state index in [2.05, 4.69) is 41.2 Å². The fourth-order valence-electron chi connectivity index (χ4n) is 1.97. The highest BCUT2D eigenvalue weighted by Crippen LogP contribution is 2.06. The summed E-state index contributed by atoms with van der Waals surface area (Å²) < 4.78 is 0. The summed E-state index contributed by atoms with van der Waals surface area (Å²) in [7, 11) is 0. The number of amidine groups is 1. The maximum atomic E-state index is 5.33. The molecule has 0 bridgehead atoms. The third-order valence-corrected chi connectivity index (χ3v) is 3.34. The predicted octanol–water partition coefficient (Wildman–Crippen LogP) is 4.30. The third kappa shape index (κ3) is 7.06. The zero-order valence-electron chi connectivity index (χ0n) is 14.1. The molecule has 0 saturated heterocycles.